The third kappa shape index (κ3) is 1.98. The zero-order chi connectivity index (χ0) is 10.8. The van der Waals surface area contributed by atoms with Crippen LogP contribution in [0.1, 0.15) is 24.0 Å². The van der Waals surface area contributed by atoms with Crippen molar-refractivity contribution in [2.45, 2.75) is 19.8 Å². The van der Waals surface area contributed by atoms with E-state index in [0.29, 0.717) is 12.8 Å². The molecule has 78 valence electrons. The van der Waals surface area contributed by atoms with E-state index in [4.69, 9.17) is 5.73 Å². The van der Waals surface area contributed by atoms with Gasteiger partial charge in [0.05, 0.1) is 5.71 Å². The van der Waals surface area contributed by atoms with Crippen molar-refractivity contribution in [1.82, 2.24) is 5.43 Å². The van der Waals surface area contributed by atoms with E-state index in [0.717, 1.165) is 22.5 Å². The van der Waals surface area contributed by atoms with Crippen molar-refractivity contribution >= 4 is 17.3 Å². The molecule has 1 heterocycles. The Kier molecular flexibility index (Phi) is 2.41. The van der Waals surface area contributed by atoms with E-state index in [9.17, 15) is 4.79 Å². The number of carbonyl (C=O) groups is 1. The van der Waals surface area contributed by atoms with Crippen molar-refractivity contribution < 1.29 is 4.79 Å². The summed E-state index contributed by atoms with van der Waals surface area (Å²) in [5, 5.41) is 4.03. The van der Waals surface area contributed by atoms with Crippen LogP contribution in [0.4, 0.5) is 5.69 Å². The minimum Gasteiger partial charge on any atom is -0.399 e. The van der Waals surface area contributed by atoms with Crippen molar-refractivity contribution in [3.63, 3.8) is 0 Å². The number of carbonyl (C=O) groups excluding carboxylic acids is 1. The number of amides is 1. The molecule has 1 aromatic rings. The fourth-order valence-corrected chi connectivity index (χ4v) is 1.54. The molecule has 0 bridgehead atoms. The Morgan fingerprint density at radius 1 is 1.40 bits per heavy atom. The fourth-order valence-electron chi connectivity index (χ4n) is 1.54. The Morgan fingerprint density at radius 2 is 2.20 bits per heavy atom. The van der Waals surface area contributed by atoms with Gasteiger partial charge in [-0.15, -0.1) is 0 Å². The zero-order valence-corrected chi connectivity index (χ0v) is 8.58. The van der Waals surface area contributed by atoms with Crippen molar-refractivity contribution in [2.75, 3.05) is 5.73 Å². The monoisotopic (exact) mass is 203 g/mol. The predicted octanol–water partition coefficient (Wildman–Crippen LogP) is 1.19. The number of aryl methyl sites for hydroxylation is 1. The van der Waals surface area contributed by atoms with Crippen LogP contribution < -0.4 is 11.2 Å². The SMILES string of the molecule is Cc1cc(C2=NNC(=O)CC2)ccc1N. The maximum Gasteiger partial charge on any atom is 0.240 e. The van der Waals surface area contributed by atoms with Gasteiger partial charge < -0.3 is 5.73 Å². The van der Waals surface area contributed by atoms with E-state index >= 15 is 0 Å². The number of nitrogen functional groups attached to an aromatic ring is 1. The molecular weight excluding hydrogens is 190 g/mol. The van der Waals surface area contributed by atoms with Gasteiger partial charge in [-0.2, -0.15) is 5.10 Å². The molecule has 0 saturated heterocycles. The number of nitrogens with zero attached hydrogens (tertiary/aromatic N) is 1. The molecule has 0 spiro atoms. The summed E-state index contributed by atoms with van der Waals surface area (Å²) in [6.07, 6.45) is 1.19. The molecule has 1 aromatic carbocycles. The van der Waals surface area contributed by atoms with Crippen molar-refractivity contribution in [3.8, 4) is 0 Å². The van der Waals surface area contributed by atoms with Gasteiger partial charge in [0, 0.05) is 18.5 Å². The van der Waals surface area contributed by atoms with E-state index < -0.39 is 0 Å². The Morgan fingerprint density at radius 3 is 2.80 bits per heavy atom. The number of nitrogens with two attached hydrogens (primary N) is 1. The third-order valence-corrected chi connectivity index (χ3v) is 2.51. The lowest BCUT2D eigenvalue weighted by atomic mass is 10.0. The molecule has 0 aromatic heterocycles. The number of hydrogen-bond donors (Lipinski definition) is 2. The molecular formula is C11H13N3O. The van der Waals surface area contributed by atoms with Crippen LogP contribution in [-0.4, -0.2) is 11.6 Å². The number of anilines is 1. The second-order valence-corrected chi connectivity index (χ2v) is 3.66. The van der Waals surface area contributed by atoms with Crippen molar-refractivity contribution in [2.24, 2.45) is 5.10 Å². The van der Waals surface area contributed by atoms with Gasteiger partial charge in [-0.05, 0) is 30.2 Å². The normalized spacial score (nSPS) is 15.8. The average molecular weight is 203 g/mol. The number of rotatable bonds is 1. The summed E-state index contributed by atoms with van der Waals surface area (Å²) in [7, 11) is 0. The molecule has 2 rings (SSSR count). The number of benzene rings is 1. The van der Waals surface area contributed by atoms with Gasteiger partial charge >= 0.3 is 0 Å². The lowest BCUT2D eigenvalue weighted by Crippen LogP contribution is -2.25. The summed E-state index contributed by atoms with van der Waals surface area (Å²) >= 11 is 0. The molecule has 3 N–H and O–H groups in total. The predicted molar refractivity (Wildman–Crippen MR) is 59.5 cm³/mol. The van der Waals surface area contributed by atoms with Gasteiger partial charge in [-0.1, -0.05) is 6.07 Å². The molecule has 4 heteroatoms. The third-order valence-electron chi connectivity index (χ3n) is 2.51. The van der Waals surface area contributed by atoms with Crippen LogP contribution in [0, 0.1) is 6.92 Å². The lowest BCUT2D eigenvalue weighted by Gasteiger charge is -2.12. The number of nitrogens with one attached hydrogen (secondary N) is 1. The van der Waals surface area contributed by atoms with Crippen LogP contribution in [0.2, 0.25) is 0 Å². The standard InChI is InChI=1S/C11H13N3O/c1-7-6-8(2-3-9(7)12)10-4-5-11(15)14-13-10/h2-3,6H,4-5,12H2,1H3,(H,14,15). The van der Waals surface area contributed by atoms with Gasteiger partial charge in [-0.3, -0.25) is 4.79 Å². The summed E-state index contributed by atoms with van der Waals surface area (Å²) in [4.78, 5) is 10.9. The molecule has 0 fully saturated rings. The second kappa shape index (κ2) is 3.73. The largest absolute Gasteiger partial charge is 0.399 e. The van der Waals surface area contributed by atoms with Crippen LogP contribution >= 0.6 is 0 Å². The summed E-state index contributed by atoms with van der Waals surface area (Å²) in [5.41, 5.74) is 12.0. The van der Waals surface area contributed by atoms with Gasteiger partial charge in [0.25, 0.3) is 0 Å². The molecule has 1 amide bonds. The molecule has 0 radical (unpaired) electrons. The smallest absolute Gasteiger partial charge is 0.240 e. The molecule has 0 aliphatic carbocycles. The quantitative estimate of drug-likeness (QED) is 0.673. The first-order chi connectivity index (χ1) is 7.16. The summed E-state index contributed by atoms with van der Waals surface area (Å²) in [6.45, 7) is 1.96. The van der Waals surface area contributed by atoms with Crippen molar-refractivity contribution in [3.05, 3.63) is 29.3 Å². The Bertz CT molecular complexity index is 437. The molecule has 4 nitrogen and oxygen atoms in total. The molecule has 0 atom stereocenters. The van der Waals surface area contributed by atoms with E-state index in [1.165, 1.54) is 0 Å². The van der Waals surface area contributed by atoms with Crippen LogP contribution in [0.25, 0.3) is 0 Å². The highest BCUT2D eigenvalue weighted by Gasteiger charge is 2.13. The van der Waals surface area contributed by atoms with Gasteiger partial charge in [-0.25, -0.2) is 5.43 Å². The van der Waals surface area contributed by atoms with Gasteiger partial charge in [0.1, 0.15) is 0 Å². The van der Waals surface area contributed by atoms with E-state index in [-0.39, 0.29) is 5.91 Å². The Labute approximate surface area is 88.2 Å². The lowest BCUT2D eigenvalue weighted by molar-refractivity contribution is -0.121. The minimum absolute atomic E-state index is 0.0223. The first-order valence-corrected chi connectivity index (χ1v) is 4.89. The number of hydrogen-bond acceptors (Lipinski definition) is 3. The summed E-state index contributed by atoms with van der Waals surface area (Å²) < 4.78 is 0. The first kappa shape index (κ1) is 9.71. The van der Waals surface area contributed by atoms with E-state index in [2.05, 4.69) is 10.5 Å². The van der Waals surface area contributed by atoms with Gasteiger partial charge in [0.2, 0.25) is 5.91 Å². The van der Waals surface area contributed by atoms with Crippen LogP contribution in [0.3, 0.4) is 0 Å². The van der Waals surface area contributed by atoms with Gasteiger partial charge in [0.15, 0.2) is 0 Å². The minimum atomic E-state index is -0.0223. The highest BCUT2D eigenvalue weighted by Crippen LogP contribution is 2.16. The fraction of sp³-hybridized carbons (Fsp3) is 0.273. The first-order valence-electron chi connectivity index (χ1n) is 4.89. The topological polar surface area (TPSA) is 67.5 Å². The van der Waals surface area contributed by atoms with Crippen molar-refractivity contribution in [1.29, 1.82) is 0 Å². The van der Waals surface area contributed by atoms with Crippen LogP contribution in [0.15, 0.2) is 23.3 Å². The maximum absolute atomic E-state index is 10.9. The molecule has 1 aliphatic rings. The van der Waals surface area contributed by atoms with E-state index in [1.807, 2.05) is 25.1 Å². The summed E-state index contributed by atoms with van der Waals surface area (Å²) in [5.74, 6) is -0.0223. The van der Waals surface area contributed by atoms with Crippen LogP contribution in [0.5, 0.6) is 0 Å². The molecule has 15 heavy (non-hydrogen) atoms. The Balaban J connectivity index is 2.30. The summed E-state index contributed by atoms with van der Waals surface area (Å²) in [6, 6.07) is 5.79. The molecule has 0 unspecified atom stereocenters. The number of hydrazone groups is 1. The highest BCUT2D eigenvalue weighted by molar-refractivity contribution is 6.04. The molecule has 1 aliphatic heterocycles. The zero-order valence-electron chi connectivity index (χ0n) is 8.58. The van der Waals surface area contributed by atoms with E-state index in [1.54, 1.807) is 0 Å². The Hall–Kier alpha value is -1.84. The average Bonchev–Trinajstić information content (AvgIpc) is 2.23. The second-order valence-electron chi connectivity index (χ2n) is 3.66. The highest BCUT2D eigenvalue weighted by atomic mass is 16.2. The molecule has 0 saturated carbocycles. The van der Waals surface area contributed by atoms with Crippen LogP contribution in [-0.2, 0) is 4.79 Å². The maximum atomic E-state index is 10.9.